The molecule has 0 aliphatic heterocycles. The first kappa shape index (κ1) is 16.4. The molecule has 2 unspecified atom stereocenters. The largest absolute Gasteiger partial charge is 0.468 e. The van der Waals surface area contributed by atoms with Crippen molar-refractivity contribution in [1.82, 2.24) is 10.3 Å². The SMILES string of the molecule is CCCNC1(C(=O)OC)CCCC1CCSc1ncco1. The van der Waals surface area contributed by atoms with E-state index in [4.69, 9.17) is 9.15 Å². The molecule has 0 aromatic carbocycles. The first-order valence-electron chi connectivity index (χ1n) is 7.58. The number of nitrogens with one attached hydrogen (secondary N) is 1. The van der Waals surface area contributed by atoms with Crippen molar-refractivity contribution in [3.05, 3.63) is 12.5 Å². The fourth-order valence-corrected chi connectivity index (χ4v) is 3.98. The van der Waals surface area contributed by atoms with E-state index in [-0.39, 0.29) is 5.97 Å². The smallest absolute Gasteiger partial charge is 0.326 e. The molecule has 0 spiro atoms. The van der Waals surface area contributed by atoms with Gasteiger partial charge in [0.2, 0.25) is 0 Å². The molecule has 2 atom stereocenters. The number of ether oxygens (including phenoxy) is 1. The van der Waals surface area contributed by atoms with Crippen LogP contribution in [-0.2, 0) is 9.53 Å². The Balaban J connectivity index is 1.96. The standard InChI is InChI=1S/C15H24N2O3S/c1-3-8-17-15(13(18)19-2)7-4-5-12(15)6-11-21-14-16-9-10-20-14/h9-10,12,17H,3-8,11H2,1-2H3. The van der Waals surface area contributed by atoms with Gasteiger partial charge in [-0.15, -0.1) is 0 Å². The molecular weight excluding hydrogens is 288 g/mol. The van der Waals surface area contributed by atoms with Gasteiger partial charge in [0.1, 0.15) is 11.8 Å². The molecule has 1 aliphatic rings. The minimum absolute atomic E-state index is 0.112. The second-order valence-electron chi connectivity index (χ2n) is 5.41. The Hall–Kier alpha value is -1.01. The van der Waals surface area contributed by atoms with Crippen LogP contribution in [0.15, 0.2) is 22.1 Å². The number of thioether (sulfide) groups is 1. The Labute approximate surface area is 130 Å². The van der Waals surface area contributed by atoms with Gasteiger partial charge in [-0.25, -0.2) is 4.98 Å². The zero-order valence-corrected chi connectivity index (χ0v) is 13.6. The van der Waals surface area contributed by atoms with Crippen molar-refractivity contribution in [3.8, 4) is 0 Å². The Kier molecular flexibility index (Phi) is 6.11. The van der Waals surface area contributed by atoms with E-state index in [0.29, 0.717) is 11.1 Å². The number of rotatable bonds is 8. The highest BCUT2D eigenvalue weighted by molar-refractivity contribution is 7.99. The third-order valence-electron chi connectivity index (χ3n) is 4.16. The van der Waals surface area contributed by atoms with Crippen LogP contribution in [0.2, 0.25) is 0 Å². The molecule has 118 valence electrons. The fourth-order valence-electron chi connectivity index (χ4n) is 3.14. The number of nitrogens with zero attached hydrogens (tertiary/aromatic N) is 1. The normalized spacial score (nSPS) is 25.1. The fraction of sp³-hybridized carbons (Fsp3) is 0.733. The maximum Gasteiger partial charge on any atom is 0.326 e. The molecule has 21 heavy (non-hydrogen) atoms. The summed E-state index contributed by atoms with van der Waals surface area (Å²) in [5.74, 6) is 1.11. The van der Waals surface area contributed by atoms with Gasteiger partial charge in [-0.1, -0.05) is 25.1 Å². The van der Waals surface area contributed by atoms with Crippen LogP contribution in [0.3, 0.4) is 0 Å². The van der Waals surface area contributed by atoms with Crippen molar-refractivity contribution in [2.45, 2.75) is 49.8 Å². The molecule has 1 saturated carbocycles. The molecular formula is C15H24N2O3S. The van der Waals surface area contributed by atoms with Crippen LogP contribution in [0.1, 0.15) is 39.0 Å². The summed E-state index contributed by atoms with van der Waals surface area (Å²) in [6.45, 7) is 2.96. The van der Waals surface area contributed by atoms with Crippen LogP contribution in [0.4, 0.5) is 0 Å². The van der Waals surface area contributed by atoms with Crippen LogP contribution in [0.25, 0.3) is 0 Å². The van der Waals surface area contributed by atoms with Crippen molar-refractivity contribution in [2.24, 2.45) is 5.92 Å². The first-order valence-corrected chi connectivity index (χ1v) is 8.57. The highest BCUT2D eigenvalue weighted by Gasteiger charge is 2.49. The van der Waals surface area contributed by atoms with Crippen LogP contribution in [-0.4, -0.2) is 35.9 Å². The second-order valence-corrected chi connectivity index (χ2v) is 6.46. The van der Waals surface area contributed by atoms with Gasteiger partial charge >= 0.3 is 5.97 Å². The molecule has 5 nitrogen and oxygen atoms in total. The number of carbonyl (C=O) groups excluding carboxylic acids is 1. The summed E-state index contributed by atoms with van der Waals surface area (Å²) in [5.41, 5.74) is -0.498. The van der Waals surface area contributed by atoms with Gasteiger partial charge in [0.05, 0.1) is 13.3 Å². The summed E-state index contributed by atoms with van der Waals surface area (Å²) in [4.78, 5) is 16.4. The number of aromatic nitrogens is 1. The first-order chi connectivity index (χ1) is 10.2. The zero-order chi connectivity index (χ0) is 15.1. The molecule has 0 radical (unpaired) electrons. The lowest BCUT2D eigenvalue weighted by Gasteiger charge is -2.34. The van der Waals surface area contributed by atoms with Crippen molar-refractivity contribution < 1.29 is 13.9 Å². The number of esters is 1. The topological polar surface area (TPSA) is 64.4 Å². The molecule has 6 heteroatoms. The van der Waals surface area contributed by atoms with Crippen molar-refractivity contribution in [2.75, 3.05) is 19.4 Å². The molecule has 1 aromatic heterocycles. The maximum atomic E-state index is 12.3. The lowest BCUT2D eigenvalue weighted by atomic mass is 9.85. The maximum absolute atomic E-state index is 12.3. The lowest BCUT2D eigenvalue weighted by Crippen LogP contribution is -2.55. The summed E-state index contributed by atoms with van der Waals surface area (Å²) in [7, 11) is 1.48. The number of oxazole rings is 1. The highest BCUT2D eigenvalue weighted by atomic mass is 32.2. The van der Waals surface area contributed by atoms with E-state index in [2.05, 4.69) is 17.2 Å². The number of hydrogen-bond donors (Lipinski definition) is 1. The molecule has 0 amide bonds. The monoisotopic (exact) mass is 312 g/mol. The van der Waals surface area contributed by atoms with Gasteiger partial charge in [-0.05, 0) is 38.1 Å². The Bertz CT molecular complexity index is 438. The van der Waals surface area contributed by atoms with Crippen molar-refractivity contribution >= 4 is 17.7 Å². The van der Waals surface area contributed by atoms with Crippen LogP contribution in [0.5, 0.6) is 0 Å². The highest BCUT2D eigenvalue weighted by Crippen LogP contribution is 2.40. The third-order valence-corrected chi connectivity index (χ3v) is 5.05. The minimum Gasteiger partial charge on any atom is -0.468 e. The molecule has 0 bridgehead atoms. The predicted octanol–water partition coefficient (Wildman–Crippen LogP) is 2.87. The van der Waals surface area contributed by atoms with E-state index in [0.717, 1.165) is 44.4 Å². The summed E-state index contributed by atoms with van der Waals surface area (Å²) < 4.78 is 10.3. The van der Waals surface area contributed by atoms with Crippen LogP contribution >= 0.6 is 11.8 Å². The predicted molar refractivity (Wildman–Crippen MR) is 82.2 cm³/mol. The van der Waals surface area contributed by atoms with Gasteiger partial charge < -0.3 is 14.5 Å². The summed E-state index contributed by atoms with van der Waals surface area (Å²) in [5, 5.41) is 4.16. The van der Waals surface area contributed by atoms with Crippen LogP contribution < -0.4 is 5.32 Å². The van der Waals surface area contributed by atoms with E-state index in [1.54, 1.807) is 24.2 Å². The van der Waals surface area contributed by atoms with E-state index in [1.165, 1.54) is 7.11 Å². The van der Waals surface area contributed by atoms with Gasteiger partial charge in [0.25, 0.3) is 5.22 Å². The summed E-state index contributed by atoms with van der Waals surface area (Å²) in [6, 6.07) is 0. The molecule has 1 aromatic rings. The van der Waals surface area contributed by atoms with E-state index in [1.807, 2.05) is 0 Å². The van der Waals surface area contributed by atoms with Crippen molar-refractivity contribution in [3.63, 3.8) is 0 Å². The van der Waals surface area contributed by atoms with Crippen molar-refractivity contribution in [1.29, 1.82) is 0 Å². The molecule has 0 saturated heterocycles. The molecule has 1 N–H and O–H groups in total. The van der Waals surface area contributed by atoms with Gasteiger partial charge in [0, 0.05) is 5.75 Å². The molecule has 2 rings (SSSR count). The summed E-state index contributed by atoms with van der Waals surface area (Å²) >= 11 is 1.60. The quantitative estimate of drug-likeness (QED) is 0.588. The van der Waals surface area contributed by atoms with Gasteiger partial charge in [-0.3, -0.25) is 4.79 Å². The minimum atomic E-state index is -0.498. The number of hydrogen-bond acceptors (Lipinski definition) is 6. The molecule has 1 fully saturated rings. The average Bonchev–Trinajstić information content (AvgIpc) is 3.15. The Morgan fingerprint density at radius 3 is 3.19 bits per heavy atom. The van der Waals surface area contributed by atoms with E-state index >= 15 is 0 Å². The number of methoxy groups -OCH3 is 1. The zero-order valence-electron chi connectivity index (χ0n) is 12.8. The second kappa shape index (κ2) is 7.84. The molecule has 1 heterocycles. The van der Waals surface area contributed by atoms with E-state index < -0.39 is 5.54 Å². The van der Waals surface area contributed by atoms with Gasteiger partial charge in [0.15, 0.2) is 0 Å². The lowest BCUT2D eigenvalue weighted by molar-refractivity contribution is -0.150. The van der Waals surface area contributed by atoms with Crippen LogP contribution in [0, 0.1) is 5.92 Å². The third kappa shape index (κ3) is 3.80. The van der Waals surface area contributed by atoms with Gasteiger partial charge in [-0.2, -0.15) is 0 Å². The Morgan fingerprint density at radius 2 is 2.52 bits per heavy atom. The molecule has 1 aliphatic carbocycles. The average molecular weight is 312 g/mol. The summed E-state index contributed by atoms with van der Waals surface area (Å²) in [6.07, 6.45) is 8.21. The Morgan fingerprint density at radius 1 is 1.67 bits per heavy atom. The number of carbonyl (C=O) groups is 1. The van der Waals surface area contributed by atoms with E-state index in [9.17, 15) is 4.79 Å².